The molecule has 2 N–H and O–H groups in total. The van der Waals surface area contributed by atoms with Gasteiger partial charge in [0.1, 0.15) is 16.5 Å². The molecule has 0 radical (unpaired) electrons. The van der Waals surface area contributed by atoms with Crippen molar-refractivity contribution in [3.63, 3.8) is 0 Å². The van der Waals surface area contributed by atoms with Crippen molar-refractivity contribution in [1.29, 1.82) is 0 Å². The van der Waals surface area contributed by atoms with Crippen molar-refractivity contribution in [2.24, 2.45) is 0 Å². The monoisotopic (exact) mass is 382 g/mol. The summed E-state index contributed by atoms with van der Waals surface area (Å²) in [7, 11) is 1.48. The number of halogens is 2. The highest BCUT2D eigenvalue weighted by Gasteiger charge is 2.12. The number of methoxy groups -OCH3 is 1. The number of carbonyl (C=O) groups excluding carboxylic acids is 2. The van der Waals surface area contributed by atoms with Crippen LogP contribution in [0.15, 0.2) is 36.4 Å². The summed E-state index contributed by atoms with van der Waals surface area (Å²) in [4.78, 5) is 23.3. The number of amides is 2. The molecule has 0 heterocycles. The molecule has 0 saturated carbocycles. The van der Waals surface area contributed by atoms with E-state index in [4.69, 9.17) is 32.7 Å². The molecule has 0 aromatic heterocycles. The van der Waals surface area contributed by atoms with Gasteiger partial charge in [0.05, 0.1) is 17.8 Å². The highest BCUT2D eigenvalue weighted by Crippen LogP contribution is 2.31. The maximum Gasteiger partial charge on any atom is 0.262 e. The van der Waals surface area contributed by atoms with E-state index in [-0.39, 0.29) is 17.5 Å². The zero-order chi connectivity index (χ0) is 18.4. The van der Waals surface area contributed by atoms with Gasteiger partial charge in [-0.15, -0.1) is 0 Å². The van der Waals surface area contributed by atoms with E-state index in [0.29, 0.717) is 27.9 Å². The van der Waals surface area contributed by atoms with Gasteiger partial charge in [0.25, 0.3) is 5.91 Å². The molecule has 2 aromatic rings. The van der Waals surface area contributed by atoms with Crippen LogP contribution in [-0.4, -0.2) is 25.5 Å². The molecule has 2 aromatic carbocycles. The van der Waals surface area contributed by atoms with Gasteiger partial charge in [-0.25, -0.2) is 0 Å². The third-order valence-corrected chi connectivity index (χ3v) is 3.87. The molecule has 2 amide bonds. The molecule has 0 saturated heterocycles. The molecule has 6 nitrogen and oxygen atoms in total. The molecule has 8 heteroatoms. The van der Waals surface area contributed by atoms with Crippen molar-refractivity contribution in [2.75, 3.05) is 24.4 Å². The van der Waals surface area contributed by atoms with Crippen LogP contribution in [0.25, 0.3) is 0 Å². The Labute approximate surface area is 155 Å². The van der Waals surface area contributed by atoms with Crippen molar-refractivity contribution in [3.8, 4) is 11.5 Å². The Balaban J connectivity index is 2.06. The van der Waals surface area contributed by atoms with Gasteiger partial charge in [-0.2, -0.15) is 0 Å². The van der Waals surface area contributed by atoms with Crippen molar-refractivity contribution in [2.45, 2.75) is 6.92 Å². The first kappa shape index (κ1) is 18.9. The summed E-state index contributed by atoms with van der Waals surface area (Å²) in [5.41, 5.74) is 0.932. The van der Waals surface area contributed by atoms with Crippen LogP contribution >= 0.6 is 23.2 Å². The standard InChI is InChI=1S/C17H16Cl2N2O4/c1-10(22)20-11-6-7-14(24-2)13(8-11)21-16(23)9-25-15-5-3-4-12(18)17(15)19/h3-8H,9H2,1-2H3,(H,20,22)(H,21,23). The number of hydrogen-bond donors (Lipinski definition) is 2. The lowest BCUT2D eigenvalue weighted by atomic mass is 10.2. The van der Waals surface area contributed by atoms with Crippen LogP contribution in [-0.2, 0) is 9.59 Å². The third kappa shape index (κ3) is 5.27. The van der Waals surface area contributed by atoms with Gasteiger partial charge in [0.15, 0.2) is 6.61 Å². The largest absolute Gasteiger partial charge is 0.495 e. The number of nitrogens with one attached hydrogen (secondary N) is 2. The molecule has 0 atom stereocenters. The lowest BCUT2D eigenvalue weighted by molar-refractivity contribution is -0.118. The minimum atomic E-state index is -0.422. The van der Waals surface area contributed by atoms with Crippen LogP contribution in [0.3, 0.4) is 0 Å². The molecular formula is C17H16Cl2N2O4. The SMILES string of the molecule is COc1ccc(NC(C)=O)cc1NC(=O)COc1cccc(Cl)c1Cl. The van der Waals surface area contributed by atoms with Crippen molar-refractivity contribution >= 4 is 46.4 Å². The van der Waals surface area contributed by atoms with E-state index < -0.39 is 5.91 Å². The molecule has 0 spiro atoms. The van der Waals surface area contributed by atoms with Crippen LogP contribution in [0, 0.1) is 0 Å². The number of ether oxygens (including phenoxy) is 2. The summed E-state index contributed by atoms with van der Waals surface area (Å²) >= 11 is 11.9. The minimum Gasteiger partial charge on any atom is -0.495 e. The molecule has 2 rings (SSSR count). The predicted molar refractivity (Wildman–Crippen MR) is 97.9 cm³/mol. The number of benzene rings is 2. The Morgan fingerprint density at radius 3 is 2.52 bits per heavy atom. The third-order valence-electron chi connectivity index (χ3n) is 3.07. The number of rotatable bonds is 6. The molecule has 132 valence electrons. The summed E-state index contributed by atoms with van der Waals surface area (Å²) < 4.78 is 10.6. The first-order valence-electron chi connectivity index (χ1n) is 7.23. The fourth-order valence-electron chi connectivity index (χ4n) is 2.01. The molecule has 0 aliphatic carbocycles. The van der Waals surface area contributed by atoms with Gasteiger partial charge in [-0.05, 0) is 30.3 Å². The maximum absolute atomic E-state index is 12.1. The van der Waals surface area contributed by atoms with E-state index in [1.165, 1.54) is 14.0 Å². The predicted octanol–water partition coefficient (Wildman–Crippen LogP) is 3.98. The van der Waals surface area contributed by atoms with E-state index in [0.717, 1.165) is 0 Å². The van der Waals surface area contributed by atoms with E-state index in [1.54, 1.807) is 36.4 Å². The normalized spacial score (nSPS) is 10.1. The highest BCUT2D eigenvalue weighted by molar-refractivity contribution is 6.42. The molecule has 0 aliphatic rings. The zero-order valence-corrected chi connectivity index (χ0v) is 15.1. The lowest BCUT2D eigenvalue weighted by Crippen LogP contribution is -2.20. The van der Waals surface area contributed by atoms with E-state index in [9.17, 15) is 9.59 Å². The second-order valence-electron chi connectivity index (χ2n) is 4.99. The number of hydrogen-bond acceptors (Lipinski definition) is 4. The fraction of sp³-hybridized carbons (Fsp3) is 0.176. The Kier molecular flexibility index (Phi) is 6.50. The van der Waals surface area contributed by atoms with E-state index in [1.807, 2.05) is 0 Å². The Hall–Kier alpha value is -2.44. The summed E-state index contributed by atoms with van der Waals surface area (Å²) in [6, 6.07) is 9.79. The molecule has 25 heavy (non-hydrogen) atoms. The maximum atomic E-state index is 12.1. The number of carbonyl (C=O) groups is 2. The van der Waals surface area contributed by atoms with Crippen molar-refractivity contribution < 1.29 is 19.1 Å². The van der Waals surface area contributed by atoms with Gasteiger partial charge in [-0.3, -0.25) is 9.59 Å². The number of anilines is 2. The summed E-state index contributed by atoms with van der Waals surface area (Å²) in [6.45, 7) is 1.12. The summed E-state index contributed by atoms with van der Waals surface area (Å²) in [5, 5.41) is 5.87. The van der Waals surface area contributed by atoms with Gasteiger partial charge >= 0.3 is 0 Å². The average Bonchev–Trinajstić information content (AvgIpc) is 2.56. The van der Waals surface area contributed by atoms with Gasteiger partial charge in [-0.1, -0.05) is 29.3 Å². The lowest BCUT2D eigenvalue weighted by Gasteiger charge is -2.13. The highest BCUT2D eigenvalue weighted by atomic mass is 35.5. The quantitative estimate of drug-likeness (QED) is 0.791. The smallest absolute Gasteiger partial charge is 0.262 e. The molecule has 0 unspecified atom stereocenters. The second-order valence-corrected chi connectivity index (χ2v) is 5.77. The summed E-state index contributed by atoms with van der Waals surface area (Å²) in [6.07, 6.45) is 0. The van der Waals surface area contributed by atoms with E-state index >= 15 is 0 Å². The first-order chi connectivity index (χ1) is 11.9. The van der Waals surface area contributed by atoms with Crippen LogP contribution in [0.5, 0.6) is 11.5 Å². The van der Waals surface area contributed by atoms with Gasteiger partial charge in [0.2, 0.25) is 5.91 Å². The van der Waals surface area contributed by atoms with Crippen LogP contribution < -0.4 is 20.1 Å². The topological polar surface area (TPSA) is 76.7 Å². The first-order valence-corrected chi connectivity index (χ1v) is 7.98. The van der Waals surface area contributed by atoms with Crippen LogP contribution in [0.4, 0.5) is 11.4 Å². The minimum absolute atomic E-state index is 0.221. The summed E-state index contributed by atoms with van der Waals surface area (Å²) in [5.74, 6) is 0.113. The molecule has 0 fully saturated rings. The molecule has 0 aliphatic heterocycles. The Morgan fingerprint density at radius 2 is 1.84 bits per heavy atom. The average molecular weight is 383 g/mol. The van der Waals surface area contributed by atoms with Gasteiger partial charge in [0, 0.05) is 12.6 Å². The van der Waals surface area contributed by atoms with Crippen molar-refractivity contribution in [1.82, 2.24) is 0 Å². The fourth-order valence-corrected chi connectivity index (χ4v) is 2.36. The van der Waals surface area contributed by atoms with Gasteiger partial charge < -0.3 is 20.1 Å². The zero-order valence-electron chi connectivity index (χ0n) is 13.6. The van der Waals surface area contributed by atoms with Crippen molar-refractivity contribution in [3.05, 3.63) is 46.4 Å². The van der Waals surface area contributed by atoms with Crippen LogP contribution in [0.1, 0.15) is 6.92 Å². The Bertz CT molecular complexity index is 796. The molecule has 0 bridgehead atoms. The van der Waals surface area contributed by atoms with E-state index in [2.05, 4.69) is 10.6 Å². The Morgan fingerprint density at radius 1 is 1.08 bits per heavy atom. The van der Waals surface area contributed by atoms with Crippen LogP contribution in [0.2, 0.25) is 10.0 Å². The second kappa shape index (κ2) is 8.60. The molecular weight excluding hydrogens is 367 g/mol.